The van der Waals surface area contributed by atoms with Gasteiger partial charge in [-0.3, -0.25) is 14.2 Å². The van der Waals surface area contributed by atoms with E-state index in [0.717, 1.165) is 5.56 Å². The quantitative estimate of drug-likeness (QED) is 0.261. The van der Waals surface area contributed by atoms with E-state index in [4.69, 9.17) is 9.47 Å². The topological polar surface area (TPSA) is 181 Å². The third-order valence-corrected chi connectivity index (χ3v) is 5.75. The molecule has 0 radical (unpaired) electrons. The smallest absolute Gasteiger partial charge is 0.408 e. The van der Waals surface area contributed by atoms with Crippen molar-refractivity contribution in [2.24, 2.45) is 0 Å². The number of amides is 3. The predicted molar refractivity (Wildman–Crippen MR) is 135 cm³/mol. The number of aliphatic hydroxyl groups is 2. The molecule has 39 heavy (non-hydrogen) atoms. The van der Waals surface area contributed by atoms with Gasteiger partial charge in [0.25, 0.3) is 0 Å². The van der Waals surface area contributed by atoms with Gasteiger partial charge in [0.1, 0.15) is 18.4 Å². The Balaban J connectivity index is 1.68. The fourth-order valence-corrected chi connectivity index (χ4v) is 3.69. The number of alkyl carbamates (subject to hydrolysis) is 1. The molecule has 1 aromatic carbocycles. The van der Waals surface area contributed by atoms with Gasteiger partial charge in [0.05, 0.1) is 6.20 Å². The zero-order valence-corrected chi connectivity index (χ0v) is 21.3. The van der Waals surface area contributed by atoms with Crippen molar-refractivity contribution in [1.29, 1.82) is 0 Å². The van der Waals surface area contributed by atoms with Crippen LogP contribution in [0.3, 0.4) is 0 Å². The molecule has 210 valence electrons. The fraction of sp³-hybridized carbons (Fsp3) is 0.400. The van der Waals surface area contributed by atoms with Crippen LogP contribution in [0, 0.1) is 5.82 Å². The van der Waals surface area contributed by atoms with E-state index < -0.39 is 53.5 Å². The lowest BCUT2D eigenvalue weighted by Crippen LogP contribution is -2.44. The van der Waals surface area contributed by atoms with Crippen LogP contribution >= 0.6 is 0 Å². The first-order valence-electron chi connectivity index (χ1n) is 12.1. The molecule has 0 saturated heterocycles. The first-order valence-corrected chi connectivity index (χ1v) is 12.1. The standard InChI is InChI=1S/C25H30FN5O8/c1-14-19(33)20(34)23(39-14)31-12-17(26)21(30-24(31)36)29-22(35)18(10-6-7-11-27-15(2)32)28-25(37)38-13-16-8-4-3-5-9-16/h3-5,8-9,12,18,20,23,33-34H,6-7,10-11,13H2,1-2H3,(H,27,32)(H,28,37)(H,29,30,35,36)/t18?,20?,23-/m1/s1. The van der Waals surface area contributed by atoms with Crippen molar-refractivity contribution in [3.8, 4) is 0 Å². The third kappa shape index (κ3) is 8.01. The highest BCUT2D eigenvalue weighted by Gasteiger charge is 2.36. The molecule has 3 amide bonds. The van der Waals surface area contributed by atoms with Gasteiger partial charge in [-0.25, -0.2) is 14.0 Å². The molecule has 0 fully saturated rings. The molecular weight excluding hydrogens is 517 g/mol. The van der Waals surface area contributed by atoms with Crippen molar-refractivity contribution in [2.75, 3.05) is 11.9 Å². The molecule has 1 aromatic heterocycles. The number of nitrogens with one attached hydrogen (secondary N) is 3. The molecule has 0 spiro atoms. The molecule has 0 bridgehead atoms. The van der Waals surface area contributed by atoms with Crippen molar-refractivity contribution in [3.05, 3.63) is 69.9 Å². The summed E-state index contributed by atoms with van der Waals surface area (Å²) in [5.74, 6) is -3.44. The van der Waals surface area contributed by atoms with Gasteiger partial charge in [-0.05, 0) is 31.7 Å². The molecule has 2 heterocycles. The zero-order valence-electron chi connectivity index (χ0n) is 21.3. The number of halogens is 1. The molecule has 0 aliphatic carbocycles. The molecule has 1 aliphatic rings. The van der Waals surface area contributed by atoms with Crippen molar-refractivity contribution in [1.82, 2.24) is 20.2 Å². The van der Waals surface area contributed by atoms with E-state index in [1.54, 1.807) is 30.3 Å². The predicted octanol–water partition coefficient (Wildman–Crippen LogP) is 1.60. The molecule has 0 saturated carbocycles. The average Bonchev–Trinajstić information content (AvgIpc) is 3.15. The number of aliphatic hydroxyl groups excluding tert-OH is 2. The van der Waals surface area contributed by atoms with Crippen LogP contribution in [-0.2, 0) is 25.7 Å². The normalized spacial score (nSPS) is 17.2. The minimum atomic E-state index is -1.61. The van der Waals surface area contributed by atoms with Crippen LogP contribution in [0.2, 0.25) is 0 Å². The minimum absolute atomic E-state index is 0.0382. The molecule has 13 nitrogen and oxygen atoms in total. The number of aromatic nitrogens is 2. The van der Waals surface area contributed by atoms with E-state index in [9.17, 15) is 33.8 Å². The fourth-order valence-electron chi connectivity index (χ4n) is 3.69. The number of nitrogens with zero attached hydrogens (tertiary/aromatic N) is 2. The molecule has 2 aromatic rings. The summed E-state index contributed by atoms with van der Waals surface area (Å²) < 4.78 is 25.8. The highest BCUT2D eigenvalue weighted by molar-refractivity contribution is 5.95. The Morgan fingerprint density at radius 1 is 1.23 bits per heavy atom. The van der Waals surface area contributed by atoms with Gasteiger partial charge >= 0.3 is 11.8 Å². The van der Waals surface area contributed by atoms with Crippen LogP contribution in [0.15, 0.2) is 52.8 Å². The number of allylic oxidation sites excluding steroid dienone is 1. The molecule has 2 unspecified atom stereocenters. The Bertz CT molecular complexity index is 1280. The van der Waals surface area contributed by atoms with Gasteiger partial charge in [-0.15, -0.1) is 0 Å². The van der Waals surface area contributed by atoms with Gasteiger partial charge in [0.2, 0.25) is 18.0 Å². The summed E-state index contributed by atoms with van der Waals surface area (Å²) in [4.78, 5) is 52.4. The van der Waals surface area contributed by atoms with Crippen molar-refractivity contribution < 1.29 is 38.5 Å². The van der Waals surface area contributed by atoms with E-state index in [-0.39, 0.29) is 24.7 Å². The average molecular weight is 548 g/mol. The largest absolute Gasteiger partial charge is 0.506 e. The van der Waals surface area contributed by atoms with E-state index in [1.165, 1.54) is 13.8 Å². The summed E-state index contributed by atoms with van der Waals surface area (Å²) in [6, 6.07) is 7.68. The van der Waals surface area contributed by atoms with Gasteiger partial charge in [0, 0.05) is 13.5 Å². The van der Waals surface area contributed by atoms with Crippen LogP contribution < -0.4 is 21.6 Å². The van der Waals surface area contributed by atoms with Gasteiger partial charge < -0.3 is 35.6 Å². The summed E-state index contributed by atoms with van der Waals surface area (Å²) in [6.07, 6.45) is -2.26. The molecule has 14 heteroatoms. The highest BCUT2D eigenvalue weighted by atomic mass is 19.1. The maximum atomic E-state index is 14.8. The SMILES string of the molecule is CC(=O)NCCCCC(NC(=O)OCc1ccccc1)C(=O)Nc1nc(=O)n([C@@H]2OC(C)=C(O)C2O)cc1F. The van der Waals surface area contributed by atoms with E-state index in [1.807, 2.05) is 0 Å². The summed E-state index contributed by atoms with van der Waals surface area (Å²) in [5, 5.41) is 27.0. The van der Waals surface area contributed by atoms with Crippen molar-refractivity contribution >= 4 is 23.7 Å². The molecular formula is C25H30FN5O8. The van der Waals surface area contributed by atoms with Crippen molar-refractivity contribution in [2.45, 2.75) is 58.1 Å². The monoisotopic (exact) mass is 547 g/mol. The maximum absolute atomic E-state index is 14.8. The summed E-state index contributed by atoms with van der Waals surface area (Å²) in [5.41, 5.74) is -0.341. The van der Waals surface area contributed by atoms with E-state index >= 15 is 0 Å². The number of hydrogen-bond donors (Lipinski definition) is 5. The van der Waals surface area contributed by atoms with Crippen LogP contribution in [0.5, 0.6) is 0 Å². The lowest BCUT2D eigenvalue weighted by atomic mass is 10.1. The Hall–Kier alpha value is -4.46. The Labute approximate surface area is 222 Å². The van der Waals surface area contributed by atoms with Crippen LogP contribution in [0.1, 0.15) is 44.9 Å². The number of ether oxygens (including phenoxy) is 2. The number of benzene rings is 1. The Morgan fingerprint density at radius 2 is 1.95 bits per heavy atom. The van der Waals surface area contributed by atoms with Gasteiger partial charge in [-0.2, -0.15) is 4.98 Å². The van der Waals surface area contributed by atoms with Crippen LogP contribution in [-0.4, -0.2) is 56.4 Å². The summed E-state index contributed by atoms with van der Waals surface area (Å²) in [7, 11) is 0. The van der Waals surface area contributed by atoms with E-state index in [2.05, 4.69) is 20.9 Å². The Kier molecular flexibility index (Phi) is 9.98. The number of hydrogen-bond acceptors (Lipinski definition) is 9. The zero-order chi connectivity index (χ0) is 28.5. The number of rotatable bonds is 11. The number of carbonyl (C=O) groups excluding carboxylic acids is 3. The van der Waals surface area contributed by atoms with Gasteiger partial charge in [0.15, 0.2) is 23.5 Å². The summed E-state index contributed by atoms with van der Waals surface area (Å²) >= 11 is 0. The number of unbranched alkanes of at least 4 members (excludes halogenated alkanes) is 1. The Morgan fingerprint density at radius 3 is 2.59 bits per heavy atom. The van der Waals surface area contributed by atoms with Gasteiger partial charge in [-0.1, -0.05) is 30.3 Å². The first kappa shape index (κ1) is 29.1. The second-order valence-electron chi connectivity index (χ2n) is 8.75. The maximum Gasteiger partial charge on any atom is 0.408 e. The molecule has 5 N–H and O–H groups in total. The van der Waals surface area contributed by atoms with Crippen molar-refractivity contribution in [3.63, 3.8) is 0 Å². The van der Waals surface area contributed by atoms with E-state index in [0.29, 0.717) is 30.2 Å². The lowest BCUT2D eigenvalue weighted by molar-refractivity contribution is -0.119. The highest BCUT2D eigenvalue weighted by Crippen LogP contribution is 2.30. The van der Waals surface area contributed by atoms with Crippen LogP contribution in [0.25, 0.3) is 0 Å². The molecule has 3 rings (SSSR count). The second-order valence-corrected chi connectivity index (χ2v) is 8.75. The number of anilines is 1. The second kappa shape index (κ2) is 13.4. The summed E-state index contributed by atoms with van der Waals surface area (Å²) in [6.45, 7) is 3.04. The first-order chi connectivity index (χ1) is 18.6. The third-order valence-electron chi connectivity index (χ3n) is 5.75. The lowest BCUT2D eigenvalue weighted by Gasteiger charge is -2.20. The van der Waals surface area contributed by atoms with Crippen LogP contribution in [0.4, 0.5) is 15.0 Å². The molecule has 3 atom stereocenters. The molecule has 1 aliphatic heterocycles. The minimum Gasteiger partial charge on any atom is -0.506 e. The number of carbonyl (C=O) groups is 3.